The number of methoxy groups -OCH3 is 1. The number of ether oxygens (including phenoxy) is 1. The molecule has 2 aromatic rings. The molecule has 0 saturated heterocycles. The maximum absolute atomic E-state index is 11.1. The third-order valence-corrected chi connectivity index (χ3v) is 4.42. The average molecular weight is 327 g/mol. The van der Waals surface area contributed by atoms with Crippen LogP contribution < -0.4 is 10.1 Å². The van der Waals surface area contributed by atoms with E-state index in [1.165, 1.54) is 5.56 Å². The van der Waals surface area contributed by atoms with Crippen molar-refractivity contribution < 1.29 is 9.84 Å². The molecule has 0 bridgehead atoms. The Labute approximate surface area is 145 Å². The van der Waals surface area contributed by atoms with Gasteiger partial charge in [-0.2, -0.15) is 0 Å². The van der Waals surface area contributed by atoms with Crippen molar-refractivity contribution in [1.82, 2.24) is 5.32 Å². The minimum atomic E-state index is -0.803. The van der Waals surface area contributed by atoms with E-state index >= 15 is 0 Å². The first kappa shape index (κ1) is 18.5. The summed E-state index contributed by atoms with van der Waals surface area (Å²) in [6, 6.07) is 18.2. The fourth-order valence-electron chi connectivity index (χ4n) is 3.04. The highest BCUT2D eigenvalue weighted by atomic mass is 16.5. The summed E-state index contributed by atoms with van der Waals surface area (Å²) in [4.78, 5) is 0. The monoisotopic (exact) mass is 327 g/mol. The molecule has 2 N–H and O–H groups in total. The second-order valence-electron chi connectivity index (χ2n) is 6.25. The van der Waals surface area contributed by atoms with Crippen LogP contribution in [0.3, 0.4) is 0 Å². The molecular formula is C21H29NO2. The lowest BCUT2D eigenvalue weighted by atomic mass is 9.86. The van der Waals surface area contributed by atoms with Gasteiger partial charge in [0.15, 0.2) is 0 Å². The normalized spacial score (nSPS) is 13.5. The highest BCUT2D eigenvalue weighted by molar-refractivity contribution is 5.32. The van der Waals surface area contributed by atoms with Crippen LogP contribution in [0.4, 0.5) is 0 Å². The lowest BCUT2D eigenvalue weighted by Crippen LogP contribution is -2.31. The van der Waals surface area contributed by atoms with Crippen molar-refractivity contribution in [3.05, 3.63) is 65.7 Å². The highest BCUT2D eigenvalue weighted by Crippen LogP contribution is 2.31. The van der Waals surface area contributed by atoms with Crippen LogP contribution in [-0.4, -0.2) is 25.3 Å². The topological polar surface area (TPSA) is 41.5 Å². The van der Waals surface area contributed by atoms with Gasteiger partial charge in [0.25, 0.3) is 0 Å². The quantitative estimate of drug-likeness (QED) is 0.650. The molecule has 0 aliphatic heterocycles. The Morgan fingerprint density at radius 3 is 2.50 bits per heavy atom. The summed E-state index contributed by atoms with van der Waals surface area (Å²) in [7, 11) is 1.66. The van der Waals surface area contributed by atoms with Gasteiger partial charge in [-0.1, -0.05) is 55.8 Å². The molecule has 2 rings (SSSR count). The fraction of sp³-hybridized carbons (Fsp3) is 0.429. The van der Waals surface area contributed by atoms with Crippen molar-refractivity contribution in [2.45, 2.75) is 38.2 Å². The number of hydrogen-bond acceptors (Lipinski definition) is 3. The van der Waals surface area contributed by atoms with E-state index in [-0.39, 0.29) is 0 Å². The summed E-state index contributed by atoms with van der Waals surface area (Å²) in [5, 5.41) is 14.6. The first-order valence-corrected chi connectivity index (χ1v) is 8.79. The summed E-state index contributed by atoms with van der Waals surface area (Å²) < 4.78 is 5.29. The summed E-state index contributed by atoms with van der Waals surface area (Å²) in [5.74, 6) is 0.791. The van der Waals surface area contributed by atoms with Gasteiger partial charge in [0, 0.05) is 0 Å². The summed E-state index contributed by atoms with van der Waals surface area (Å²) in [5.41, 5.74) is 1.47. The molecule has 0 heterocycles. The molecule has 2 aromatic carbocycles. The SMILES string of the molecule is CCCC(O)(CCNCCc1ccccc1)c1cccc(OC)c1. The molecule has 0 radical (unpaired) electrons. The van der Waals surface area contributed by atoms with Crippen LogP contribution in [0.15, 0.2) is 54.6 Å². The number of rotatable bonds is 10. The molecule has 24 heavy (non-hydrogen) atoms. The molecule has 0 fully saturated rings. The Morgan fingerprint density at radius 1 is 1.00 bits per heavy atom. The number of benzene rings is 2. The molecule has 1 unspecified atom stereocenters. The molecule has 0 amide bonds. The first-order valence-electron chi connectivity index (χ1n) is 8.79. The van der Waals surface area contributed by atoms with Crippen molar-refractivity contribution in [2.24, 2.45) is 0 Å². The minimum Gasteiger partial charge on any atom is -0.497 e. The van der Waals surface area contributed by atoms with Crippen LogP contribution >= 0.6 is 0 Å². The van der Waals surface area contributed by atoms with Crippen molar-refractivity contribution in [1.29, 1.82) is 0 Å². The van der Waals surface area contributed by atoms with Crippen LogP contribution in [-0.2, 0) is 12.0 Å². The molecule has 3 nitrogen and oxygen atoms in total. The maximum atomic E-state index is 11.1. The smallest absolute Gasteiger partial charge is 0.119 e. The molecule has 0 aromatic heterocycles. The summed E-state index contributed by atoms with van der Waals surface area (Å²) in [6.45, 7) is 3.82. The highest BCUT2D eigenvalue weighted by Gasteiger charge is 2.28. The molecule has 1 atom stereocenters. The Kier molecular flexibility index (Phi) is 7.29. The van der Waals surface area contributed by atoms with Gasteiger partial charge in [-0.15, -0.1) is 0 Å². The number of aliphatic hydroxyl groups is 1. The second-order valence-corrected chi connectivity index (χ2v) is 6.25. The standard InChI is InChI=1S/C21H29NO2/c1-3-13-21(23,19-10-7-11-20(17-19)24-2)14-16-22-15-12-18-8-5-4-6-9-18/h4-11,17,22-23H,3,12-16H2,1-2H3. The van der Waals surface area contributed by atoms with E-state index in [1.54, 1.807) is 7.11 Å². The van der Waals surface area contributed by atoms with Crippen molar-refractivity contribution in [2.75, 3.05) is 20.2 Å². The predicted molar refractivity (Wildman–Crippen MR) is 99.4 cm³/mol. The Balaban J connectivity index is 1.88. The molecule has 0 aliphatic carbocycles. The van der Waals surface area contributed by atoms with E-state index in [1.807, 2.05) is 30.3 Å². The van der Waals surface area contributed by atoms with Crippen LogP contribution in [0.2, 0.25) is 0 Å². The van der Waals surface area contributed by atoms with Gasteiger partial charge in [0.05, 0.1) is 12.7 Å². The lowest BCUT2D eigenvalue weighted by molar-refractivity contribution is 0.0179. The molecule has 3 heteroatoms. The van der Waals surface area contributed by atoms with E-state index in [0.717, 1.165) is 43.7 Å². The minimum absolute atomic E-state index is 0.697. The average Bonchev–Trinajstić information content (AvgIpc) is 2.62. The van der Waals surface area contributed by atoms with Gasteiger partial charge in [-0.3, -0.25) is 0 Å². The zero-order valence-corrected chi connectivity index (χ0v) is 14.8. The van der Waals surface area contributed by atoms with E-state index in [9.17, 15) is 5.11 Å². The molecule has 0 aliphatic rings. The first-order chi connectivity index (χ1) is 11.7. The summed E-state index contributed by atoms with van der Waals surface area (Å²) in [6.07, 6.45) is 3.40. The van der Waals surface area contributed by atoms with Crippen molar-refractivity contribution >= 4 is 0 Å². The van der Waals surface area contributed by atoms with Gasteiger partial charge in [-0.05, 0) is 55.6 Å². The van der Waals surface area contributed by atoms with Gasteiger partial charge in [0.2, 0.25) is 0 Å². The molecule has 0 spiro atoms. The Bertz CT molecular complexity index is 600. The van der Waals surface area contributed by atoms with Crippen molar-refractivity contribution in [3.8, 4) is 5.75 Å². The van der Waals surface area contributed by atoms with Gasteiger partial charge < -0.3 is 15.2 Å². The number of hydrogen-bond donors (Lipinski definition) is 2. The van der Waals surface area contributed by atoms with E-state index in [0.29, 0.717) is 6.42 Å². The Hall–Kier alpha value is -1.84. The molecule has 0 saturated carbocycles. The van der Waals surface area contributed by atoms with E-state index in [4.69, 9.17) is 4.74 Å². The predicted octanol–water partition coefficient (Wildman–Crippen LogP) is 3.91. The van der Waals surface area contributed by atoms with Crippen LogP contribution in [0.5, 0.6) is 5.75 Å². The van der Waals surface area contributed by atoms with Crippen LogP contribution in [0, 0.1) is 0 Å². The third-order valence-electron chi connectivity index (χ3n) is 4.42. The number of nitrogens with one attached hydrogen (secondary N) is 1. The fourth-order valence-corrected chi connectivity index (χ4v) is 3.04. The second kappa shape index (κ2) is 9.45. The maximum Gasteiger partial charge on any atom is 0.119 e. The van der Waals surface area contributed by atoms with Gasteiger partial charge >= 0.3 is 0 Å². The van der Waals surface area contributed by atoms with Gasteiger partial charge in [-0.25, -0.2) is 0 Å². The lowest BCUT2D eigenvalue weighted by Gasteiger charge is -2.29. The zero-order chi connectivity index (χ0) is 17.3. The van der Waals surface area contributed by atoms with Crippen molar-refractivity contribution in [3.63, 3.8) is 0 Å². The van der Waals surface area contributed by atoms with Crippen LogP contribution in [0.25, 0.3) is 0 Å². The largest absolute Gasteiger partial charge is 0.497 e. The van der Waals surface area contributed by atoms with Crippen LogP contribution in [0.1, 0.15) is 37.3 Å². The third kappa shape index (κ3) is 5.36. The van der Waals surface area contributed by atoms with E-state index in [2.05, 4.69) is 36.5 Å². The molecule has 130 valence electrons. The summed E-state index contributed by atoms with van der Waals surface area (Å²) >= 11 is 0. The Morgan fingerprint density at radius 2 is 1.79 bits per heavy atom. The van der Waals surface area contributed by atoms with Gasteiger partial charge in [0.1, 0.15) is 5.75 Å². The van der Waals surface area contributed by atoms with E-state index < -0.39 is 5.60 Å². The zero-order valence-electron chi connectivity index (χ0n) is 14.8. The molecular weight excluding hydrogens is 298 g/mol.